The maximum atomic E-state index is 8.83. The van der Waals surface area contributed by atoms with Crippen LogP contribution in [0.25, 0.3) is 0 Å². The number of anilines is 1. The summed E-state index contributed by atoms with van der Waals surface area (Å²) in [5.41, 5.74) is 2.18. The smallest absolute Gasteiger partial charge is 0.0572 e. The van der Waals surface area contributed by atoms with E-state index in [4.69, 9.17) is 16.8 Å². The van der Waals surface area contributed by atoms with Crippen LogP contribution in [0.4, 0.5) is 5.69 Å². The zero-order valence-electron chi connectivity index (χ0n) is 12.2. The summed E-state index contributed by atoms with van der Waals surface area (Å²) in [4.78, 5) is 5.00. The van der Waals surface area contributed by atoms with Gasteiger partial charge in [-0.05, 0) is 43.9 Å². The van der Waals surface area contributed by atoms with Crippen LogP contribution in [-0.4, -0.2) is 48.0 Å². The van der Waals surface area contributed by atoms with Gasteiger partial charge in [0.05, 0.1) is 5.71 Å². The van der Waals surface area contributed by atoms with Crippen molar-refractivity contribution in [2.45, 2.75) is 31.7 Å². The monoisotopic (exact) mass is 307 g/mol. The highest BCUT2D eigenvalue weighted by Gasteiger charge is 2.27. The number of piperazine rings is 1. The maximum absolute atomic E-state index is 8.83. The van der Waals surface area contributed by atoms with Crippen LogP contribution in [0.3, 0.4) is 0 Å². The molecule has 21 heavy (non-hydrogen) atoms. The summed E-state index contributed by atoms with van der Waals surface area (Å²) in [6.45, 7) is 4.31. The number of benzene rings is 1. The van der Waals surface area contributed by atoms with E-state index in [-0.39, 0.29) is 0 Å². The second-order valence-electron chi connectivity index (χ2n) is 5.90. The van der Waals surface area contributed by atoms with Gasteiger partial charge in [-0.2, -0.15) is 0 Å². The van der Waals surface area contributed by atoms with E-state index in [1.54, 1.807) is 0 Å². The molecule has 0 amide bonds. The molecule has 1 aromatic rings. The van der Waals surface area contributed by atoms with Crippen molar-refractivity contribution in [1.82, 2.24) is 4.90 Å². The normalized spacial score (nSPS) is 24.1. The summed E-state index contributed by atoms with van der Waals surface area (Å²) in [5.74, 6) is 0. The Hall–Kier alpha value is -1.26. The Morgan fingerprint density at radius 3 is 2.43 bits per heavy atom. The molecular weight excluding hydrogens is 286 g/mol. The molecule has 4 nitrogen and oxygen atoms in total. The first-order chi connectivity index (χ1) is 10.3. The quantitative estimate of drug-likeness (QED) is 0.673. The highest BCUT2D eigenvalue weighted by Crippen LogP contribution is 2.25. The third-order valence-electron chi connectivity index (χ3n) is 4.68. The predicted octanol–water partition coefficient (Wildman–Crippen LogP) is 3.23. The highest BCUT2D eigenvalue weighted by atomic mass is 35.5. The number of nitrogens with zero attached hydrogens (tertiary/aromatic N) is 3. The third kappa shape index (κ3) is 3.50. The van der Waals surface area contributed by atoms with Crippen molar-refractivity contribution in [2.24, 2.45) is 5.16 Å². The summed E-state index contributed by atoms with van der Waals surface area (Å²) in [7, 11) is 0. The molecule has 5 heteroatoms. The lowest BCUT2D eigenvalue weighted by Gasteiger charge is -2.41. The summed E-state index contributed by atoms with van der Waals surface area (Å²) >= 11 is 6.07. The van der Waals surface area contributed by atoms with Gasteiger partial charge in [-0.3, -0.25) is 4.90 Å². The molecule has 0 radical (unpaired) electrons. The van der Waals surface area contributed by atoms with Crippen molar-refractivity contribution in [3.8, 4) is 0 Å². The summed E-state index contributed by atoms with van der Waals surface area (Å²) in [6, 6.07) is 8.76. The van der Waals surface area contributed by atoms with E-state index in [1.807, 2.05) is 18.2 Å². The van der Waals surface area contributed by atoms with Crippen LogP contribution in [0, 0.1) is 0 Å². The molecule has 1 aliphatic heterocycles. The first-order valence-corrected chi connectivity index (χ1v) is 8.08. The molecule has 1 saturated heterocycles. The topological polar surface area (TPSA) is 39.1 Å². The second kappa shape index (κ2) is 6.67. The lowest BCUT2D eigenvalue weighted by molar-refractivity contribution is 0.164. The van der Waals surface area contributed by atoms with Gasteiger partial charge in [0.1, 0.15) is 0 Å². The van der Waals surface area contributed by atoms with Crippen LogP contribution in [0.5, 0.6) is 0 Å². The Labute approximate surface area is 131 Å². The van der Waals surface area contributed by atoms with E-state index < -0.39 is 0 Å². The average molecular weight is 308 g/mol. The fourth-order valence-corrected chi connectivity index (χ4v) is 3.60. The minimum absolute atomic E-state index is 0.650. The fraction of sp³-hybridized carbons (Fsp3) is 0.562. The SMILES string of the molecule is ON=C1CCC(N2CCN(c3cccc(Cl)c3)CC2)CC1. The van der Waals surface area contributed by atoms with Gasteiger partial charge in [-0.25, -0.2) is 0 Å². The van der Waals surface area contributed by atoms with Gasteiger partial charge >= 0.3 is 0 Å². The zero-order valence-corrected chi connectivity index (χ0v) is 13.0. The van der Waals surface area contributed by atoms with Gasteiger partial charge in [0.2, 0.25) is 0 Å². The van der Waals surface area contributed by atoms with Gasteiger partial charge in [0, 0.05) is 42.9 Å². The molecule has 0 aromatic heterocycles. The number of halogens is 1. The molecule has 0 bridgehead atoms. The number of rotatable bonds is 2. The Bertz CT molecular complexity index is 502. The number of oxime groups is 1. The molecule has 1 heterocycles. The Kier molecular flexibility index (Phi) is 4.66. The first kappa shape index (κ1) is 14.7. The van der Waals surface area contributed by atoms with E-state index >= 15 is 0 Å². The van der Waals surface area contributed by atoms with E-state index in [9.17, 15) is 0 Å². The van der Waals surface area contributed by atoms with Crippen molar-refractivity contribution in [3.63, 3.8) is 0 Å². The summed E-state index contributed by atoms with van der Waals surface area (Å²) in [6.07, 6.45) is 4.12. The largest absolute Gasteiger partial charge is 0.411 e. The first-order valence-electron chi connectivity index (χ1n) is 7.70. The molecule has 0 atom stereocenters. The van der Waals surface area contributed by atoms with Crippen LogP contribution in [-0.2, 0) is 0 Å². The Morgan fingerprint density at radius 2 is 1.81 bits per heavy atom. The van der Waals surface area contributed by atoms with Crippen LogP contribution < -0.4 is 4.90 Å². The van der Waals surface area contributed by atoms with Crippen molar-refractivity contribution in [3.05, 3.63) is 29.3 Å². The molecule has 0 spiro atoms. The fourth-order valence-electron chi connectivity index (χ4n) is 3.42. The van der Waals surface area contributed by atoms with Crippen molar-refractivity contribution < 1.29 is 5.21 Å². The van der Waals surface area contributed by atoms with E-state index in [2.05, 4.69) is 21.0 Å². The van der Waals surface area contributed by atoms with Gasteiger partial charge in [0.15, 0.2) is 0 Å². The zero-order chi connectivity index (χ0) is 14.7. The Balaban J connectivity index is 1.53. The molecule has 1 aromatic carbocycles. The van der Waals surface area contributed by atoms with Crippen LogP contribution >= 0.6 is 11.6 Å². The Morgan fingerprint density at radius 1 is 1.10 bits per heavy atom. The molecule has 114 valence electrons. The minimum Gasteiger partial charge on any atom is -0.411 e. The molecule has 3 rings (SSSR count). The summed E-state index contributed by atoms with van der Waals surface area (Å²) in [5, 5.41) is 13.0. The van der Waals surface area contributed by atoms with Crippen LogP contribution in [0.1, 0.15) is 25.7 Å². The molecule has 2 fully saturated rings. The maximum Gasteiger partial charge on any atom is 0.0572 e. The lowest BCUT2D eigenvalue weighted by Crippen LogP contribution is -2.51. The lowest BCUT2D eigenvalue weighted by atomic mass is 9.92. The van der Waals surface area contributed by atoms with Crippen molar-refractivity contribution >= 4 is 23.0 Å². The third-order valence-corrected chi connectivity index (χ3v) is 4.91. The highest BCUT2D eigenvalue weighted by molar-refractivity contribution is 6.30. The van der Waals surface area contributed by atoms with Crippen LogP contribution in [0.2, 0.25) is 5.02 Å². The average Bonchev–Trinajstić information content (AvgIpc) is 2.55. The van der Waals surface area contributed by atoms with E-state index in [1.165, 1.54) is 5.69 Å². The second-order valence-corrected chi connectivity index (χ2v) is 6.34. The molecule has 0 unspecified atom stereocenters. The summed E-state index contributed by atoms with van der Waals surface area (Å²) < 4.78 is 0. The van der Waals surface area contributed by atoms with Gasteiger partial charge in [0.25, 0.3) is 0 Å². The van der Waals surface area contributed by atoms with Crippen molar-refractivity contribution in [1.29, 1.82) is 0 Å². The minimum atomic E-state index is 0.650. The molecule has 1 aliphatic carbocycles. The molecular formula is C16H22ClN3O. The van der Waals surface area contributed by atoms with Crippen LogP contribution in [0.15, 0.2) is 29.4 Å². The number of hydrogen-bond acceptors (Lipinski definition) is 4. The standard InChI is InChI=1S/C16H22ClN3O/c17-13-2-1-3-16(12-13)20-10-8-19(9-11-20)15-6-4-14(18-21)5-7-15/h1-3,12,15,21H,4-11H2. The van der Waals surface area contributed by atoms with Gasteiger partial charge in [-0.1, -0.05) is 22.8 Å². The van der Waals surface area contributed by atoms with E-state index in [0.717, 1.165) is 62.6 Å². The number of hydrogen-bond donors (Lipinski definition) is 1. The van der Waals surface area contributed by atoms with Crippen molar-refractivity contribution in [2.75, 3.05) is 31.1 Å². The molecule has 1 N–H and O–H groups in total. The molecule has 2 aliphatic rings. The van der Waals surface area contributed by atoms with Gasteiger partial charge < -0.3 is 10.1 Å². The van der Waals surface area contributed by atoms with Gasteiger partial charge in [-0.15, -0.1) is 0 Å². The predicted molar refractivity (Wildman–Crippen MR) is 86.7 cm³/mol. The molecule has 1 saturated carbocycles. The van der Waals surface area contributed by atoms with E-state index in [0.29, 0.717) is 6.04 Å².